The molecular weight excluding hydrogens is 439 g/mol. The largest absolute Gasteiger partial charge is 0.450 e. The summed E-state index contributed by atoms with van der Waals surface area (Å²) < 4.78 is 79.1. The summed E-state index contributed by atoms with van der Waals surface area (Å²) in [5, 5.41) is 4.27. The Hall–Kier alpha value is -3.41. The summed E-state index contributed by atoms with van der Waals surface area (Å²) in [6.07, 6.45) is -2.92. The Morgan fingerprint density at radius 1 is 1.19 bits per heavy atom. The molecule has 2 amide bonds. The van der Waals surface area contributed by atoms with E-state index < -0.39 is 51.9 Å². The highest BCUT2D eigenvalue weighted by Crippen LogP contribution is 2.40. The molecule has 0 saturated carbocycles. The summed E-state index contributed by atoms with van der Waals surface area (Å²) >= 11 is 0. The topological polar surface area (TPSA) is 88.3 Å². The van der Waals surface area contributed by atoms with Crippen molar-refractivity contribution >= 4 is 22.8 Å². The maximum atomic E-state index is 14.5. The summed E-state index contributed by atoms with van der Waals surface area (Å²) in [6.45, 7) is 3.57. The lowest BCUT2D eigenvalue weighted by Gasteiger charge is -2.23. The van der Waals surface area contributed by atoms with Gasteiger partial charge in [-0.3, -0.25) is 0 Å². The molecule has 0 atom stereocenters. The van der Waals surface area contributed by atoms with E-state index in [0.717, 1.165) is 24.4 Å². The van der Waals surface area contributed by atoms with E-state index in [0.29, 0.717) is 6.20 Å². The van der Waals surface area contributed by atoms with Crippen molar-refractivity contribution in [3.8, 4) is 11.5 Å². The molecule has 0 fully saturated rings. The first kappa shape index (κ1) is 23.3. The third-order valence-corrected chi connectivity index (χ3v) is 4.54. The number of alkyl halides is 3. The first-order chi connectivity index (χ1) is 14.9. The predicted molar refractivity (Wildman–Crippen MR) is 106 cm³/mol. The molecule has 3 aromatic rings. The number of methoxy groups -OCH3 is 1. The number of fused-ring (bicyclic) bond motifs is 1. The van der Waals surface area contributed by atoms with Crippen molar-refractivity contribution < 1.29 is 36.2 Å². The van der Waals surface area contributed by atoms with E-state index in [4.69, 9.17) is 9.47 Å². The van der Waals surface area contributed by atoms with E-state index >= 15 is 0 Å². The quantitative estimate of drug-likeness (QED) is 0.443. The number of benzene rings is 1. The van der Waals surface area contributed by atoms with Crippen LogP contribution in [0.4, 0.5) is 32.4 Å². The molecule has 0 spiro atoms. The van der Waals surface area contributed by atoms with E-state index in [1.165, 1.54) is 7.11 Å². The minimum Gasteiger partial charge on any atom is -0.450 e. The van der Waals surface area contributed by atoms with Crippen molar-refractivity contribution in [2.24, 2.45) is 0 Å². The lowest BCUT2D eigenvalue weighted by Crippen LogP contribution is -2.41. The zero-order valence-electron chi connectivity index (χ0n) is 17.2. The monoisotopic (exact) mass is 458 g/mol. The smallest absolute Gasteiger partial charge is 0.418 e. The number of hydrogen-bond acceptors (Lipinski definition) is 4. The summed E-state index contributed by atoms with van der Waals surface area (Å²) in [5.41, 5.74) is -2.14. The third kappa shape index (κ3) is 5.07. The number of rotatable bonds is 6. The van der Waals surface area contributed by atoms with Crippen molar-refractivity contribution in [2.75, 3.05) is 19.0 Å². The maximum absolute atomic E-state index is 14.5. The number of ether oxygens (including phenoxy) is 2. The van der Waals surface area contributed by atoms with Crippen LogP contribution in [0.5, 0.6) is 11.5 Å². The zero-order chi connectivity index (χ0) is 23.7. The van der Waals surface area contributed by atoms with Crippen molar-refractivity contribution in [3.05, 3.63) is 47.8 Å². The van der Waals surface area contributed by atoms with Crippen molar-refractivity contribution in [1.29, 1.82) is 0 Å². The predicted octanol–water partition coefficient (Wildman–Crippen LogP) is 5.20. The van der Waals surface area contributed by atoms with Gasteiger partial charge in [0, 0.05) is 43.9 Å². The number of urea groups is 1. The molecule has 0 radical (unpaired) electrons. The fraction of sp³-hybridized carbons (Fsp3) is 0.300. The van der Waals surface area contributed by atoms with E-state index in [9.17, 15) is 26.7 Å². The number of aromatic amines is 1. The molecule has 0 bridgehead atoms. The van der Waals surface area contributed by atoms with Crippen LogP contribution in [0.15, 0.2) is 30.6 Å². The average molecular weight is 458 g/mol. The molecule has 0 aliphatic heterocycles. The first-order valence-corrected chi connectivity index (χ1v) is 9.21. The summed E-state index contributed by atoms with van der Waals surface area (Å²) in [5.74, 6) is -3.84. The number of aromatic nitrogens is 2. The number of H-pyrrole nitrogens is 1. The van der Waals surface area contributed by atoms with Crippen molar-refractivity contribution in [3.63, 3.8) is 0 Å². The number of anilines is 1. The second-order valence-electron chi connectivity index (χ2n) is 7.38. The van der Waals surface area contributed by atoms with E-state index in [-0.39, 0.29) is 17.9 Å². The van der Waals surface area contributed by atoms with Crippen LogP contribution >= 0.6 is 0 Å². The van der Waals surface area contributed by atoms with Crippen LogP contribution in [-0.4, -0.2) is 35.3 Å². The van der Waals surface area contributed by atoms with Gasteiger partial charge in [0.15, 0.2) is 17.4 Å². The number of carbonyl (C=O) groups excluding carboxylic acids is 1. The van der Waals surface area contributed by atoms with Gasteiger partial charge in [-0.1, -0.05) is 0 Å². The minimum absolute atomic E-state index is 0.123. The zero-order valence-corrected chi connectivity index (χ0v) is 17.2. The van der Waals surface area contributed by atoms with Crippen LogP contribution in [-0.2, 0) is 10.9 Å². The fourth-order valence-electron chi connectivity index (χ4n) is 2.72. The Kier molecular flexibility index (Phi) is 6.26. The number of nitrogens with zero attached hydrogens (tertiary/aromatic N) is 1. The lowest BCUT2D eigenvalue weighted by molar-refractivity contribution is -0.136. The van der Waals surface area contributed by atoms with Gasteiger partial charge in [0.2, 0.25) is 0 Å². The van der Waals surface area contributed by atoms with Crippen molar-refractivity contribution in [2.45, 2.75) is 25.6 Å². The van der Waals surface area contributed by atoms with Gasteiger partial charge in [0.25, 0.3) is 0 Å². The number of halogens is 5. The van der Waals surface area contributed by atoms with Crippen LogP contribution in [0.1, 0.15) is 19.4 Å². The standard InChI is InChI=1S/C20H19F5N4O3/c1-19(2,31-3)9-28-18(30)29-10-6-12(21)16(13(22)7-10)32-14-4-5-26-17-15(14)11(8-27-17)20(23,24)25/h4-8H,9H2,1-3H3,(H,26,27)(H2,28,29,30). The number of hydrogen-bond donors (Lipinski definition) is 3. The minimum atomic E-state index is -4.74. The van der Waals surface area contributed by atoms with Gasteiger partial charge in [-0.05, 0) is 19.9 Å². The molecule has 0 saturated heterocycles. The van der Waals surface area contributed by atoms with Gasteiger partial charge in [-0.15, -0.1) is 0 Å². The fourth-order valence-corrected chi connectivity index (χ4v) is 2.72. The molecule has 172 valence electrons. The number of pyridine rings is 1. The Morgan fingerprint density at radius 2 is 1.84 bits per heavy atom. The highest BCUT2D eigenvalue weighted by Gasteiger charge is 2.35. The Bertz CT molecular complexity index is 1120. The van der Waals surface area contributed by atoms with Gasteiger partial charge >= 0.3 is 12.2 Å². The molecule has 0 aliphatic rings. The molecule has 3 rings (SSSR count). The molecule has 7 nitrogen and oxygen atoms in total. The molecule has 0 aliphatic carbocycles. The molecule has 2 aromatic heterocycles. The van der Waals surface area contributed by atoms with Crippen LogP contribution in [0.25, 0.3) is 11.0 Å². The second-order valence-corrected chi connectivity index (χ2v) is 7.38. The van der Waals surface area contributed by atoms with E-state index in [1.807, 2.05) is 0 Å². The van der Waals surface area contributed by atoms with Crippen LogP contribution in [0.3, 0.4) is 0 Å². The van der Waals surface area contributed by atoms with E-state index in [1.54, 1.807) is 13.8 Å². The van der Waals surface area contributed by atoms with Gasteiger partial charge in [-0.2, -0.15) is 13.2 Å². The molecule has 1 aromatic carbocycles. The second kappa shape index (κ2) is 8.61. The highest BCUT2D eigenvalue weighted by atomic mass is 19.4. The molecule has 32 heavy (non-hydrogen) atoms. The molecular formula is C20H19F5N4O3. The molecule has 2 heterocycles. The highest BCUT2D eigenvalue weighted by molar-refractivity contribution is 5.89. The van der Waals surface area contributed by atoms with Gasteiger partial charge < -0.3 is 25.1 Å². The third-order valence-electron chi connectivity index (χ3n) is 4.54. The van der Waals surface area contributed by atoms with Crippen molar-refractivity contribution in [1.82, 2.24) is 15.3 Å². The summed E-state index contributed by atoms with van der Waals surface area (Å²) in [4.78, 5) is 18.1. The first-order valence-electron chi connectivity index (χ1n) is 9.21. The Labute approximate surface area is 178 Å². The lowest BCUT2D eigenvalue weighted by atomic mass is 10.1. The number of carbonyl (C=O) groups is 1. The van der Waals surface area contributed by atoms with Crippen LogP contribution in [0.2, 0.25) is 0 Å². The Balaban J connectivity index is 1.84. The van der Waals surface area contributed by atoms with Gasteiger partial charge in [0.1, 0.15) is 11.4 Å². The van der Waals surface area contributed by atoms with Crippen LogP contribution in [0, 0.1) is 11.6 Å². The summed E-state index contributed by atoms with van der Waals surface area (Å²) in [6, 6.07) is 1.88. The molecule has 0 unspecified atom stereocenters. The number of nitrogens with one attached hydrogen (secondary N) is 3. The summed E-state index contributed by atoms with van der Waals surface area (Å²) in [7, 11) is 1.46. The van der Waals surface area contributed by atoms with Gasteiger partial charge in [0.05, 0.1) is 16.6 Å². The normalized spacial score (nSPS) is 12.1. The van der Waals surface area contributed by atoms with Crippen LogP contribution < -0.4 is 15.4 Å². The van der Waals surface area contributed by atoms with Gasteiger partial charge in [-0.25, -0.2) is 18.6 Å². The molecule has 3 N–H and O–H groups in total. The average Bonchev–Trinajstić information content (AvgIpc) is 3.15. The SMILES string of the molecule is COC(C)(C)CNC(=O)Nc1cc(F)c(Oc2ccnc3[nH]cc(C(F)(F)F)c23)c(F)c1. The molecule has 12 heteroatoms. The van der Waals surface area contributed by atoms with E-state index in [2.05, 4.69) is 20.6 Å². The number of amides is 2. The Morgan fingerprint density at radius 3 is 2.44 bits per heavy atom. The maximum Gasteiger partial charge on any atom is 0.418 e.